The van der Waals surface area contributed by atoms with Gasteiger partial charge in [-0.25, -0.2) is 0 Å². The topological polar surface area (TPSA) is 40.6 Å². The lowest BCUT2D eigenvalue weighted by molar-refractivity contribution is -0.118. The Balaban J connectivity index is 3.77. The minimum absolute atomic E-state index is 0.428. The van der Waals surface area contributed by atoms with Crippen molar-refractivity contribution in [2.75, 3.05) is 13.1 Å². The van der Waals surface area contributed by atoms with Crippen LogP contribution in [0.3, 0.4) is 0 Å². The molecule has 0 atom stereocenters. The summed E-state index contributed by atoms with van der Waals surface area (Å²) >= 11 is 0. The van der Waals surface area contributed by atoms with Crippen LogP contribution in [-0.2, 0) is 9.59 Å². The van der Waals surface area contributed by atoms with Gasteiger partial charge in [0.25, 0.3) is 0 Å². The second-order valence-corrected chi connectivity index (χ2v) is 2.05. The molecule has 0 aromatic rings. The van der Waals surface area contributed by atoms with Crippen LogP contribution in [0.5, 0.6) is 0 Å². The lowest BCUT2D eigenvalue weighted by Crippen LogP contribution is -2.27. The first-order valence-electron chi connectivity index (χ1n) is 3.45. The third-order valence-corrected chi connectivity index (χ3v) is 1.36. The van der Waals surface area contributed by atoms with Crippen molar-refractivity contribution >= 4 is 12.8 Å². The van der Waals surface area contributed by atoms with E-state index in [1.54, 1.807) is 0 Å². The van der Waals surface area contributed by atoms with Gasteiger partial charge in [-0.15, -0.1) is 0 Å². The van der Waals surface area contributed by atoms with Crippen LogP contribution in [-0.4, -0.2) is 35.7 Å². The zero-order valence-electron chi connectivity index (χ0n) is 6.85. The number of carbonyl (C=O) groups excluding carboxylic acids is 2. The largest absolute Gasteiger partial charge is 0.320 e. The maximum absolute atomic E-state index is 10.2. The summed E-state index contributed by atoms with van der Waals surface area (Å²) in [5.74, 6) is 0. The Morgan fingerprint density at radius 2 is 1.25 bits per heavy atom. The van der Waals surface area contributed by atoms with E-state index in [9.17, 15) is 9.59 Å². The number of hydrogen-bond donors (Lipinski definition) is 0. The molecule has 0 unspecified atom stereocenters. The third-order valence-electron chi connectivity index (χ3n) is 1.36. The van der Waals surface area contributed by atoms with Crippen molar-refractivity contribution in [3.8, 4) is 0 Å². The number of carbonyl (C=O) groups is 2. The minimum atomic E-state index is 0.428. The quantitative estimate of drug-likeness (QED) is 0.509. The standard InChI is InChI=1S/C8H12N2O2/c1-3-9(7-11)5-6-10(4-2)8-12/h3-4,7-8H,1-2,5-6H2. The third kappa shape index (κ3) is 3.55. The van der Waals surface area contributed by atoms with Gasteiger partial charge in [0, 0.05) is 13.1 Å². The summed E-state index contributed by atoms with van der Waals surface area (Å²) in [5, 5.41) is 0. The zero-order valence-corrected chi connectivity index (χ0v) is 6.85. The monoisotopic (exact) mass is 168 g/mol. The molecule has 0 saturated heterocycles. The highest BCUT2D eigenvalue weighted by Crippen LogP contribution is 1.87. The van der Waals surface area contributed by atoms with E-state index < -0.39 is 0 Å². The van der Waals surface area contributed by atoms with Crippen LogP contribution < -0.4 is 0 Å². The van der Waals surface area contributed by atoms with Crippen LogP contribution in [0.15, 0.2) is 25.6 Å². The molecular formula is C8H12N2O2. The Hall–Kier alpha value is -1.58. The molecular weight excluding hydrogens is 156 g/mol. The first-order chi connectivity index (χ1) is 5.78. The minimum Gasteiger partial charge on any atom is -0.320 e. The first-order valence-corrected chi connectivity index (χ1v) is 3.45. The summed E-state index contributed by atoms with van der Waals surface area (Å²) in [6.45, 7) is 7.70. The van der Waals surface area contributed by atoms with Gasteiger partial charge in [-0.1, -0.05) is 13.2 Å². The molecule has 2 amide bonds. The Morgan fingerprint density at radius 1 is 0.917 bits per heavy atom. The SMILES string of the molecule is C=CN(C=O)CCN(C=C)C=O. The molecule has 4 nitrogen and oxygen atoms in total. The van der Waals surface area contributed by atoms with Crippen molar-refractivity contribution in [3.05, 3.63) is 25.6 Å². The van der Waals surface area contributed by atoms with E-state index in [2.05, 4.69) is 13.2 Å². The Kier molecular flexibility index (Phi) is 5.34. The normalized spacial score (nSPS) is 8.33. The molecule has 0 aliphatic heterocycles. The van der Waals surface area contributed by atoms with Gasteiger partial charge < -0.3 is 9.80 Å². The van der Waals surface area contributed by atoms with Gasteiger partial charge in [0.05, 0.1) is 0 Å². The van der Waals surface area contributed by atoms with Crippen LogP contribution in [0.25, 0.3) is 0 Å². The van der Waals surface area contributed by atoms with Crippen molar-refractivity contribution < 1.29 is 9.59 Å². The Bertz CT molecular complexity index is 144. The van der Waals surface area contributed by atoms with E-state index >= 15 is 0 Å². The molecule has 12 heavy (non-hydrogen) atoms. The van der Waals surface area contributed by atoms with Crippen molar-refractivity contribution in [1.29, 1.82) is 0 Å². The molecule has 0 rings (SSSR count). The smallest absolute Gasteiger partial charge is 0.213 e. The molecule has 0 aliphatic carbocycles. The second-order valence-electron chi connectivity index (χ2n) is 2.05. The van der Waals surface area contributed by atoms with Crippen molar-refractivity contribution in [2.45, 2.75) is 0 Å². The second kappa shape index (κ2) is 6.15. The lowest BCUT2D eigenvalue weighted by atomic mass is 10.5. The van der Waals surface area contributed by atoms with Crippen molar-refractivity contribution in [1.82, 2.24) is 9.80 Å². The first kappa shape index (κ1) is 10.4. The van der Waals surface area contributed by atoms with Crippen molar-refractivity contribution in [3.63, 3.8) is 0 Å². The van der Waals surface area contributed by atoms with Crippen molar-refractivity contribution in [2.24, 2.45) is 0 Å². The van der Waals surface area contributed by atoms with E-state index in [0.717, 1.165) is 0 Å². The highest BCUT2D eigenvalue weighted by Gasteiger charge is 1.98. The van der Waals surface area contributed by atoms with Gasteiger partial charge in [-0.2, -0.15) is 0 Å². The maximum Gasteiger partial charge on any atom is 0.213 e. The van der Waals surface area contributed by atoms with Crippen LogP contribution in [0.4, 0.5) is 0 Å². The highest BCUT2D eigenvalue weighted by molar-refractivity contribution is 5.50. The summed E-state index contributed by atoms with van der Waals surface area (Å²) in [6, 6.07) is 0. The van der Waals surface area contributed by atoms with Gasteiger partial charge in [0.1, 0.15) is 0 Å². The summed E-state index contributed by atoms with van der Waals surface area (Å²) in [5.41, 5.74) is 0. The number of nitrogens with zero attached hydrogens (tertiary/aromatic N) is 2. The Labute approximate surface area is 71.8 Å². The molecule has 0 fully saturated rings. The van der Waals surface area contributed by atoms with Gasteiger partial charge >= 0.3 is 0 Å². The summed E-state index contributed by atoms with van der Waals surface area (Å²) < 4.78 is 0. The van der Waals surface area contributed by atoms with E-state index in [1.807, 2.05) is 0 Å². The molecule has 0 aliphatic rings. The van der Waals surface area contributed by atoms with E-state index in [-0.39, 0.29) is 0 Å². The molecule has 66 valence electrons. The van der Waals surface area contributed by atoms with Crippen LogP contribution in [0.1, 0.15) is 0 Å². The molecule has 0 radical (unpaired) electrons. The molecule has 0 N–H and O–H groups in total. The Morgan fingerprint density at radius 3 is 1.42 bits per heavy atom. The molecule has 0 aromatic carbocycles. The fourth-order valence-corrected chi connectivity index (χ4v) is 0.605. The molecule has 4 heteroatoms. The van der Waals surface area contributed by atoms with Gasteiger partial charge in [0.2, 0.25) is 12.8 Å². The van der Waals surface area contributed by atoms with Crippen LogP contribution in [0, 0.1) is 0 Å². The molecule has 0 aromatic heterocycles. The number of hydrogen-bond acceptors (Lipinski definition) is 2. The predicted octanol–water partition coefficient (Wildman–Crippen LogP) is 0.190. The molecule has 0 heterocycles. The average molecular weight is 168 g/mol. The summed E-state index contributed by atoms with van der Waals surface area (Å²) in [6.07, 6.45) is 4.11. The number of amides is 2. The van der Waals surface area contributed by atoms with Gasteiger partial charge in [-0.05, 0) is 12.4 Å². The number of rotatable bonds is 7. The van der Waals surface area contributed by atoms with Gasteiger partial charge in [-0.3, -0.25) is 9.59 Å². The lowest BCUT2D eigenvalue weighted by Gasteiger charge is -2.15. The molecule has 0 bridgehead atoms. The molecule has 0 spiro atoms. The fourth-order valence-electron chi connectivity index (χ4n) is 0.605. The van der Waals surface area contributed by atoms with Gasteiger partial charge in [0.15, 0.2) is 0 Å². The van der Waals surface area contributed by atoms with E-state index in [4.69, 9.17) is 0 Å². The average Bonchev–Trinajstić information content (AvgIpc) is 2.13. The summed E-state index contributed by atoms with van der Waals surface area (Å²) in [4.78, 5) is 23.2. The molecule has 0 saturated carbocycles. The fraction of sp³-hybridized carbons (Fsp3) is 0.250. The predicted molar refractivity (Wildman–Crippen MR) is 45.9 cm³/mol. The van der Waals surface area contributed by atoms with Crippen LogP contribution in [0.2, 0.25) is 0 Å². The van der Waals surface area contributed by atoms with E-state index in [0.29, 0.717) is 25.9 Å². The highest BCUT2D eigenvalue weighted by atomic mass is 16.1. The zero-order chi connectivity index (χ0) is 9.40. The van der Waals surface area contributed by atoms with E-state index in [1.165, 1.54) is 22.2 Å². The summed E-state index contributed by atoms with van der Waals surface area (Å²) in [7, 11) is 0. The van der Waals surface area contributed by atoms with Crippen LogP contribution >= 0.6 is 0 Å². The maximum atomic E-state index is 10.2.